The van der Waals surface area contributed by atoms with Crippen molar-refractivity contribution in [1.29, 1.82) is 0 Å². The fraction of sp³-hybridized carbons (Fsp3) is 0.562. The quantitative estimate of drug-likeness (QED) is 0.676. The molecule has 0 aromatic heterocycles. The molecule has 4 nitrogen and oxygen atoms in total. The molecule has 0 radical (unpaired) electrons. The summed E-state index contributed by atoms with van der Waals surface area (Å²) in [5.41, 5.74) is 6.40. The van der Waals surface area contributed by atoms with Gasteiger partial charge >= 0.3 is 6.18 Å². The molecular formula is C16H23F3N2O2. The number of halogens is 3. The number of carbonyl (C=O) groups excluding carboxylic acids is 1. The Hall–Kier alpha value is -1.76. The fourth-order valence-corrected chi connectivity index (χ4v) is 2.01. The number of aryl methyl sites for hydroxylation is 1. The van der Waals surface area contributed by atoms with Crippen molar-refractivity contribution < 1.29 is 22.7 Å². The molecule has 0 unspecified atom stereocenters. The van der Waals surface area contributed by atoms with Crippen molar-refractivity contribution in [3.63, 3.8) is 0 Å². The van der Waals surface area contributed by atoms with Crippen LogP contribution in [0.2, 0.25) is 0 Å². The molecule has 0 bridgehead atoms. The first-order valence-electron chi connectivity index (χ1n) is 7.62. The first kappa shape index (κ1) is 19.3. The van der Waals surface area contributed by atoms with Gasteiger partial charge in [-0.1, -0.05) is 18.9 Å². The highest BCUT2D eigenvalue weighted by Crippen LogP contribution is 2.28. The minimum atomic E-state index is -4.42. The Morgan fingerprint density at radius 2 is 1.91 bits per heavy atom. The molecule has 7 heteroatoms. The van der Waals surface area contributed by atoms with Gasteiger partial charge in [-0.2, -0.15) is 13.2 Å². The van der Waals surface area contributed by atoms with E-state index >= 15 is 0 Å². The molecule has 0 saturated carbocycles. The van der Waals surface area contributed by atoms with E-state index in [-0.39, 0.29) is 17.3 Å². The molecule has 0 aliphatic heterocycles. The maximum atomic E-state index is 12.3. The van der Waals surface area contributed by atoms with Gasteiger partial charge in [0, 0.05) is 6.42 Å². The number of rotatable bonds is 9. The van der Waals surface area contributed by atoms with Crippen molar-refractivity contribution in [1.82, 2.24) is 0 Å². The maximum absolute atomic E-state index is 12.3. The molecule has 1 amide bonds. The molecule has 1 aromatic rings. The summed E-state index contributed by atoms with van der Waals surface area (Å²) in [5, 5.41) is 2.61. The Morgan fingerprint density at radius 3 is 2.57 bits per heavy atom. The van der Waals surface area contributed by atoms with Crippen LogP contribution in [0, 0.1) is 6.92 Å². The molecular weight excluding hydrogens is 309 g/mol. The zero-order chi connectivity index (χ0) is 17.3. The lowest BCUT2D eigenvalue weighted by Gasteiger charge is -2.14. The third-order valence-electron chi connectivity index (χ3n) is 3.16. The third kappa shape index (κ3) is 8.44. The van der Waals surface area contributed by atoms with E-state index in [1.807, 2.05) is 0 Å². The van der Waals surface area contributed by atoms with E-state index < -0.39 is 12.8 Å². The van der Waals surface area contributed by atoms with Crippen molar-refractivity contribution in [2.75, 3.05) is 18.5 Å². The Kier molecular flexibility index (Phi) is 7.88. The summed E-state index contributed by atoms with van der Waals surface area (Å²) in [6.07, 6.45) is -0.596. The first-order chi connectivity index (χ1) is 10.8. The lowest BCUT2D eigenvalue weighted by Crippen LogP contribution is -2.20. The van der Waals surface area contributed by atoms with Gasteiger partial charge in [0.15, 0.2) is 6.61 Å². The second-order valence-electron chi connectivity index (χ2n) is 5.40. The van der Waals surface area contributed by atoms with E-state index in [1.54, 1.807) is 19.1 Å². The zero-order valence-corrected chi connectivity index (χ0v) is 13.2. The topological polar surface area (TPSA) is 64.4 Å². The molecule has 0 aliphatic carbocycles. The van der Waals surface area contributed by atoms with Crippen molar-refractivity contribution in [3.05, 3.63) is 23.8 Å². The van der Waals surface area contributed by atoms with E-state index in [0.29, 0.717) is 13.0 Å². The van der Waals surface area contributed by atoms with Crippen LogP contribution in [-0.4, -0.2) is 25.2 Å². The van der Waals surface area contributed by atoms with Gasteiger partial charge in [0.25, 0.3) is 0 Å². The smallest absolute Gasteiger partial charge is 0.422 e. The van der Waals surface area contributed by atoms with Crippen LogP contribution in [0.4, 0.5) is 18.9 Å². The van der Waals surface area contributed by atoms with Crippen LogP contribution in [0.25, 0.3) is 0 Å². The van der Waals surface area contributed by atoms with Gasteiger partial charge in [0.2, 0.25) is 5.91 Å². The van der Waals surface area contributed by atoms with E-state index in [9.17, 15) is 18.0 Å². The third-order valence-corrected chi connectivity index (χ3v) is 3.16. The molecule has 0 saturated heterocycles. The van der Waals surface area contributed by atoms with Crippen molar-refractivity contribution in [3.8, 4) is 5.75 Å². The molecule has 1 aromatic carbocycles. The Morgan fingerprint density at radius 1 is 1.22 bits per heavy atom. The summed E-state index contributed by atoms with van der Waals surface area (Å²) in [6.45, 7) is 0.984. The van der Waals surface area contributed by atoms with Crippen LogP contribution in [0.1, 0.15) is 37.7 Å². The zero-order valence-electron chi connectivity index (χ0n) is 13.2. The predicted molar refractivity (Wildman–Crippen MR) is 83.5 cm³/mol. The SMILES string of the molecule is Cc1ccc(NC(=O)CCCCCCN)c(OCC(F)(F)F)c1. The number of amides is 1. The summed E-state index contributed by atoms with van der Waals surface area (Å²) >= 11 is 0. The van der Waals surface area contributed by atoms with Crippen molar-refractivity contribution >= 4 is 11.6 Å². The Balaban J connectivity index is 2.56. The standard InChI is InChI=1S/C16H23F3N2O2/c1-12-7-8-13(14(10-12)23-11-16(17,18)19)21-15(22)6-4-2-3-5-9-20/h7-8,10H,2-6,9,11,20H2,1H3,(H,21,22). The lowest BCUT2D eigenvalue weighted by molar-refractivity contribution is -0.153. The average Bonchev–Trinajstić information content (AvgIpc) is 2.46. The average molecular weight is 332 g/mol. The highest BCUT2D eigenvalue weighted by atomic mass is 19.4. The van der Waals surface area contributed by atoms with Crippen LogP contribution in [0.15, 0.2) is 18.2 Å². The van der Waals surface area contributed by atoms with Gasteiger partial charge in [-0.15, -0.1) is 0 Å². The highest BCUT2D eigenvalue weighted by molar-refractivity contribution is 5.92. The molecule has 23 heavy (non-hydrogen) atoms. The number of hydrogen-bond donors (Lipinski definition) is 2. The number of unbranched alkanes of at least 4 members (excludes halogenated alkanes) is 3. The number of nitrogens with two attached hydrogens (primary N) is 1. The molecule has 0 heterocycles. The second kappa shape index (κ2) is 9.39. The number of alkyl halides is 3. The number of hydrogen-bond acceptors (Lipinski definition) is 3. The van der Waals surface area contributed by atoms with Crippen LogP contribution >= 0.6 is 0 Å². The second-order valence-corrected chi connectivity index (χ2v) is 5.40. The van der Waals surface area contributed by atoms with Gasteiger partial charge in [-0.05, 0) is 44.0 Å². The number of carbonyl (C=O) groups is 1. The van der Waals surface area contributed by atoms with Crippen molar-refractivity contribution in [2.24, 2.45) is 5.73 Å². The fourth-order valence-electron chi connectivity index (χ4n) is 2.01. The molecule has 3 N–H and O–H groups in total. The van der Waals surface area contributed by atoms with Crippen LogP contribution < -0.4 is 15.8 Å². The first-order valence-corrected chi connectivity index (χ1v) is 7.62. The van der Waals surface area contributed by atoms with Crippen molar-refractivity contribution in [2.45, 2.75) is 45.2 Å². The monoisotopic (exact) mass is 332 g/mol. The summed E-state index contributed by atoms with van der Waals surface area (Å²) in [7, 11) is 0. The maximum Gasteiger partial charge on any atom is 0.422 e. The van der Waals surface area contributed by atoms with Crippen LogP contribution in [-0.2, 0) is 4.79 Å². The number of anilines is 1. The van der Waals surface area contributed by atoms with Gasteiger partial charge in [0.05, 0.1) is 5.69 Å². The largest absolute Gasteiger partial charge is 0.482 e. The summed E-state index contributed by atoms with van der Waals surface area (Å²) < 4.78 is 41.6. The number of ether oxygens (including phenoxy) is 1. The predicted octanol–water partition coefficient (Wildman–Crippen LogP) is 3.78. The summed E-state index contributed by atoms with van der Waals surface area (Å²) in [6, 6.07) is 4.73. The van der Waals surface area contributed by atoms with Crippen LogP contribution in [0.3, 0.4) is 0 Å². The molecule has 0 atom stereocenters. The number of benzene rings is 1. The van der Waals surface area contributed by atoms with E-state index in [2.05, 4.69) is 5.32 Å². The highest BCUT2D eigenvalue weighted by Gasteiger charge is 2.29. The normalized spacial score (nSPS) is 11.3. The Bertz CT molecular complexity index is 505. The molecule has 0 spiro atoms. The molecule has 0 fully saturated rings. The van der Waals surface area contributed by atoms with Crippen LogP contribution in [0.5, 0.6) is 5.75 Å². The summed E-state index contributed by atoms with van der Waals surface area (Å²) in [5.74, 6) is -0.211. The minimum absolute atomic E-state index is 0.0267. The molecule has 130 valence electrons. The molecule has 0 aliphatic rings. The van der Waals surface area contributed by atoms with E-state index in [1.165, 1.54) is 6.07 Å². The van der Waals surface area contributed by atoms with E-state index in [0.717, 1.165) is 31.2 Å². The summed E-state index contributed by atoms with van der Waals surface area (Å²) in [4.78, 5) is 11.9. The van der Waals surface area contributed by atoms with Gasteiger partial charge in [-0.25, -0.2) is 0 Å². The Labute approximate surface area is 134 Å². The minimum Gasteiger partial charge on any atom is -0.482 e. The lowest BCUT2D eigenvalue weighted by atomic mass is 10.1. The van der Waals surface area contributed by atoms with Gasteiger partial charge in [-0.3, -0.25) is 4.79 Å². The number of nitrogens with one attached hydrogen (secondary N) is 1. The van der Waals surface area contributed by atoms with E-state index in [4.69, 9.17) is 10.5 Å². The van der Waals surface area contributed by atoms with Gasteiger partial charge in [0.1, 0.15) is 5.75 Å². The van der Waals surface area contributed by atoms with Gasteiger partial charge < -0.3 is 15.8 Å². The molecule has 1 rings (SSSR count).